The number of carbonyl (C=O) groups excluding carboxylic acids is 2. The van der Waals surface area contributed by atoms with E-state index in [9.17, 15) is 14.0 Å². The maximum Gasteiger partial charge on any atom is 0.251 e. The Labute approximate surface area is 105 Å². The van der Waals surface area contributed by atoms with E-state index in [0.29, 0.717) is 5.56 Å². The second-order valence-electron chi connectivity index (χ2n) is 5.00. The standard InChI is InChI=1S/C13H15FN2O2/c1-13(2,14)7-15-12(18)8-3-4-10-9(5-8)6-11(17)16-10/h3-5H,6-7H2,1-2H3,(H,15,18)(H,16,17). The van der Waals surface area contributed by atoms with E-state index in [2.05, 4.69) is 10.6 Å². The van der Waals surface area contributed by atoms with Gasteiger partial charge in [0.15, 0.2) is 0 Å². The molecule has 18 heavy (non-hydrogen) atoms. The molecule has 2 amide bonds. The van der Waals surface area contributed by atoms with Gasteiger partial charge in [-0.3, -0.25) is 9.59 Å². The number of rotatable bonds is 3. The largest absolute Gasteiger partial charge is 0.349 e. The number of hydrogen-bond acceptors (Lipinski definition) is 2. The fraction of sp³-hybridized carbons (Fsp3) is 0.385. The summed E-state index contributed by atoms with van der Waals surface area (Å²) in [7, 11) is 0. The quantitative estimate of drug-likeness (QED) is 0.857. The van der Waals surface area contributed by atoms with Gasteiger partial charge in [0.2, 0.25) is 5.91 Å². The number of carbonyl (C=O) groups is 2. The van der Waals surface area contributed by atoms with Crippen molar-refractivity contribution in [1.82, 2.24) is 5.32 Å². The first-order chi connectivity index (χ1) is 8.35. The van der Waals surface area contributed by atoms with Crippen molar-refractivity contribution in [3.05, 3.63) is 29.3 Å². The molecule has 96 valence electrons. The smallest absolute Gasteiger partial charge is 0.251 e. The van der Waals surface area contributed by atoms with Crippen molar-refractivity contribution in [2.75, 3.05) is 11.9 Å². The topological polar surface area (TPSA) is 58.2 Å². The van der Waals surface area contributed by atoms with Crippen LogP contribution in [0.25, 0.3) is 0 Å². The van der Waals surface area contributed by atoms with Gasteiger partial charge in [0.25, 0.3) is 5.91 Å². The molecule has 1 aromatic rings. The molecule has 0 saturated heterocycles. The van der Waals surface area contributed by atoms with E-state index in [1.165, 1.54) is 13.8 Å². The van der Waals surface area contributed by atoms with Crippen LogP contribution >= 0.6 is 0 Å². The zero-order chi connectivity index (χ0) is 13.3. The molecule has 5 heteroatoms. The molecule has 1 aliphatic heterocycles. The van der Waals surface area contributed by atoms with Gasteiger partial charge in [-0.2, -0.15) is 0 Å². The van der Waals surface area contributed by atoms with E-state index < -0.39 is 5.67 Å². The van der Waals surface area contributed by atoms with E-state index in [4.69, 9.17) is 0 Å². The molecule has 0 atom stereocenters. The Morgan fingerprint density at radius 1 is 1.50 bits per heavy atom. The predicted molar refractivity (Wildman–Crippen MR) is 66.3 cm³/mol. The summed E-state index contributed by atoms with van der Waals surface area (Å²) < 4.78 is 13.3. The van der Waals surface area contributed by atoms with Gasteiger partial charge >= 0.3 is 0 Å². The number of halogens is 1. The van der Waals surface area contributed by atoms with Crippen LogP contribution in [0.3, 0.4) is 0 Å². The maximum atomic E-state index is 13.3. The number of hydrogen-bond donors (Lipinski definition) is 2. The Morgan fingerprint density at radius 3 is 2.89 bits per heavy atom. The average molecular weight is 250 g/mol. The number of anilines is 1. The van der Waals surface area contributed by atoms with Gasteiger partial charge in [-0.1, -0.05) is 0 Å². The third-order valence-electron chi connectivity index (χ3n) is 2.66. The number of nitrogens with one attached hydrogen (secondary N) is 2. The fourth-order valence-electron chi connectivity index (χ4n) is 1.76. The molecule has 1 aliphatic rings. The predicted octanol–water partition coefficient (Wildman–Crippen LogP) is 1.66. The first-order valence-corrected chi connectivity index (χ1v) is 5.75. The Hall–Kier alpha value is -1.91. The highest BCUT2D eigenvalue weighted by atomic mass is 19.1. The van der Waals surface area contributed by atoms with Crippen LogP contribution in [0.5, 0.6) is 0 Å². The van der Waals surface area contributed by atoms with Gasteiger partial charge in [-0.25, -0.2) is 4.39 Å². The maximum absolute atomic E-state index is 13.3. The summed E-state index contributed by atoms with van der Waals surface area (Å²) >= 11 is 0. The van der Waals surface area contributed by atoms with Gasteiger partial charge in [0.1, 0.15) is 5.67 Å². The van der Waals surface area contributed by atoms with Crippen molar-refractivity contribution >= 4 is 17.5 Å². The zero-order valence-electron chi connectivity index (χ0n) is 10.3. The van der Waals surface area contributed by atoms with Gasteiger partial charge in [0.05, 0.1) is 13.0 Å². The molecule has 2 N–H and O–H groups in total. The monoisotopic (exact) mass is 250 g/mol. The Balaban J connectivity index is 2.08. The highest BCUT2D eigenvalue weighted by Gasteiger charge is 2.20. The molecule has 0 aromatic heterocycles. The molecule has 0 radical (unpaired) electrons. The molecule has 1 heterocycles. The minimum Gasteiger partial charge on any atom is -0.349 e. The first kappa shape index (κ1) is 12.5. The van der Waals surface area contributed by atoms with Crippen LogP contribution in [0.15, 0.2) is 18.2 Å². The van der Waals surface area contributed by atoms with Crippen molar-refractivity contribution in [1.29, 1.82) is 0 Å². The molecule has 0 aliphatic carbocycles. The van der Waals surface area contributed by atoms with Crippen molar-refractivity contribution in [3.8, 4) is 0 Å². The van der Waals surface area contributed by atoms with Crippen molar-refractivity contribution in [2.45, 2.75) is 25.9 Å². The Kier molecular flexibility index (Phi) is 3.07. The van der Waals surface area contributed by atoms with Crippen LogP contribution in [0, 0.1) is 0 Å². The van der Waals surface area contributed by atoms with E-state index in [0.717, 1.165) is 11.3 Å². The minimum absolute atomic E-state index is 0.0416. The summed E-state index contributed by atoms with van der Waals surface area (Å²) in [6.45, 7) is 2.76. The van der Waals surface area contributed by atoms with Gasteiger partial charge in [-0.05, 0) is 37.6 Å². The summed E-state index contributed by atoms with van der Waals surface area (Å²) in [4.78, 5) is 23.0. The van der Waals surface area contributed by atoms with Crippen molar-refractivity contribution in [2.24, 2.45) is 0 Å². The lowest BCUT2D eigenvalue weighted by Gasteiger charge is -2.15. The number of amides is 2. The lowest BCUT2D eigenvalue weighted by molar-refractivity contribution is -0.115. The normalized spacial score (nSPS) is 14.1. The summed E-state index contributed by atoms with van der Waals surface area (Å²) in [6, 6.07) is 4.97. The summed E-state index contributed by atoms with van der Waals surface area (Å²) in [6.07, 6.45) is 0.283. The highest BCUT2D eigenvalue weighted by molar-refractivity contribution is 6.01. The number of alkyl halides is 1. The molecular formula is C13H15FN2O2. The van der Waals surface area contributed by atoms with Crippen molar-refractivity contribution < 1.29 is 14.0 Å². The van der Waals surface area contributed by atoms with Gasteiger partial charge < -0.3 is 10.6 Å². The molecule has 0 bridgehead atoms. The first-order valence-electron chi connectivity index (χ1n) is 5.75. The Morgan fingerprint density at radius 2 is 2.22 bits per heavy atom. The van der Waals surface area contributed by atoms with Crippen LogP contribution in [0.1, 0.15) is 29.8 Å². The van der Waals surface area contributed by atoms with E-state index in [1.54, 1.807) is 18.2 Å². The summed E-state index contributed by atoms with van der Waals surface area (Å²) in [5, 5.41) is 5.21. The van der Waals surface area contributed by atoms with Crippen LogP contribution in [-0.2, 0) is 11.2 Å². The summed E-state index contributed by atoms with van der Waals surface area (Å²) in [5.41, 5.74) is 0.535. The van der Waals surface area contributed by atoms with Crippen LogP contribution in [0.2, 0.25) is 0 Å². The molecule has 0 saturated carbocycles. The summed E-state index contributed by atoms with van der Waals surface area (Å²) in [5.74, 6) is -0.407. The van der Waals surface area contributed by atoms with E-state index in [1.807, 2.05) is 0 Å². The third-order valence-corrected chi connectivity index (χ3v) is 2.66. The Bertz CT molecular complexity index is 506. The molecule has 0 spiro atoms. The molecular weight excluding hydrogens is 235 g/mol. The molecule has 0 fully saturated rings. The molecule has 2 rings (SSSR count). The SMILES string of the molecule is CC(C)(F)CNC(=O)c1ccc2c(c1)CC(=O)N2. The zero-order valence-corrected chi connectivity index (χ0v) is 10.3. The molecule has 1 aromatic carbocycles. The van der Waals surface area contributed by atoms with Crippen LogP contribution < -0.4 is 10.6 Å². The third kappa shape index (κ3) is 2.85. The van der Waals surface area contributed by atoms with Gasteiger partial charge in [0, 0.05) is 11.3 Å². The lowest BCUT2D eigenvalue weighted by Crippen LogP contribution is -2.35. The second-order valence-corrected chi connectivity index (χ2v) is 5.00. The average Bonchev–Trinajstić information content (AvgIpc) is 2.63. The van der Waals surface area contributed by atoms with Crippen molar-refractivity contribution in [3.63, 3.8) is 0 Å². The minimum atomic E-state index is -1.44. The van der Waals surface area contributed by atoms with E-state index >= 15 is 0 Å². The lowest BCUT2D eigenvalue weighted by atomic mass is 10.1. The van der Waals surface area contributed by atoms with E-state index in [-0.39, 0.29) is 24.8 Å². The van der Waals surface area contributed by atoms with Crippen LogP contribution in [0.4, 0.5) is 10.1 Å². The second kappa shape index (κ2) is 4.40. The number of benzene rings is 1. The van der Waals surface area contributed by atoms with Crippen LogP contribution in [-0.4, -0.2) is 24.0 Å². The fourth-order valence-corrected chi connectivity index (χ4v) is 1.76. The van der Waals surface area contributed by atoms with Gasteiger partial charge in [-0.15, -0.1) is 0 Å². The number of fused-ring (bicyclic) bond motifs is 1. The highest BCUT2D eigenvalue weighted by Crippen LogP contribution is 2.23. The molecule has 0 unspecified atom stereocenters. The molecule has 4 nitrogen and oxygen atoms in total.